The maximum absolute atomic E-state index is 13.0. The van der Waals surface area contributed by atoms with E-state index in [4.69, 9.17) is 4.74 Å². The lowest BCUT2D eigenvalue weighted by Gasteiger charge is -2.42. The van der Waals surface area contributed by atoms with Gasteiger partial charge in [-0.15, -0.1) is 0 Å². The van der Waals surface area contributed by atoms with E-state index in [0.29, 0.717) is 37.4 Å². The first-order valence-electron chi connectivity index (χ1n) is 9.94. The van der Waals surface area contributed by atoms with Gasteiger partial charge in [-0.1, -0.05) is 42.5 Å². The van der Waals surface area contributed by atoms with E-state index >= 15 is 0 Å². The minimum Gasteiger partial charge on any atom is -0.495 e. The summed E-state index contributed by atoms with van der Waals surface area (Å²) in [6, 6.07) is 17.2. The van der Waals surface area contributed by atoms with Crippen molar-refractivity contribution in [3.63, 3.8) is 0 Å². The number of anilines is 1. The van der Waals surface area contributed by atoms with Crippen molar-refractivity contribution in [3.05, 3.63) is 60.2 Å². The summed E-state index contributed by atoms with van der Waals surface area (Å²) in [5.41, 5.74) is 1.26. The van der Waals surface area contributed by atoms with Gasteiger partial charge in [0.05, 0.1) is 12.8 Å². The summed E-state index contributed by atoms with van der Waals surface area (Å²) < 4.78 is 33.1. The van der Waals surface area contributed by atoms with Crippen molar-refractivity contribution in [2.24, 2.45) is 0 Å². The van der Waals surface area contributed by atoms with Crippen molar-refractivity contribution in [2.75, 3.05) is 39.6 Å². The van der Waals surface area contributed by atoms with E-state index in [2.05, 4.69) is 5.32 Å². The van der Waals surface area contributed by atoms with Gasteiger partial charge in [-0.3, -0.25) is 4.79 Å². The number of hydrogen-bond acceptors (Lipinski definition) is 4. The van der Waals surface area contributed by atoms with Crippen molar-refractivity contribution in [1.82, 2.24) is 8.61 Å². The third-order valence-electron chi connectivity index (χ3n) is 5.73. The summed E-state index contributed by atoms with van der Waals surface area (Å²) in [5.74, 6) is 0.485. The van der Waals surface area contributed by atoms with Crippen LogP contribution in [0.1, 0.15) is 24.8 Å². The SMILES string of the molecule is COc1ccccc1NC(=O)CC1(c2ccccc2)CCN(S(=O)(=O)N(C)C)CC1. The maximum atomic E-state index is 13.0. The van der Waals surface area contributed by atoms with Crippen molar-refractivity contribution in [1.29, 1.82) is 0 Å². The van der Waals surface area contributed by atoms with Crippen LogP contribution < -0.4 is 10.1 Å². The number of para-hydroxylation sites is 2. The standard InChI is InChI=1S/C22H29N3O4S/c1-24(2)30(27,28)25-15-13-22(14-16-25,18-9-5-4-6-10-18)17-21(26)23-19-11-7-8-12-20(19)29-3/h4-12H,13-17H2,1-3H3,(H,23,26). The van der Waals surface area contributed by atoms with Crippen molar-refractivity contribution in [3.8, 4) is 5.75 Å². The molecule has 2 aromatic rings. The third-order valence-corrected chi connectivity index (χ3v) is 7.67. The van der Waals surface area contributed by atoms with Crippen LogP contribution in [-0.4, -0.2) is 57.2 Å². The Hall–Kier alpha value is -2.42. The Balaban J connectivity index is 1.82. The van der Waals surface area contributed by atoms with E-state index in [-0.39, 0.29) is 12.3 Å². The molecule has 8 heteroatoms. The second-order valence-electron chi connectivity index (χ2n) is 7.76. The van der Waals surface area contributed by atoms with Crippen LogP contribution in [0.3, 0.4) is 0 Å². The average molecular weight is 432 g/mol. The molecular formula is C22H29N3O4S. The molecule has 2 aromatic carbocycles. The zero-order valence-electron chi connectivity index (χ0n) is 17.7. The number of hydrogen-bond donors (Lipinski definition) is 1. The van der Waals surface area contributed by atoms with Gasteiger partial charge in [-0.2, -0.15) is 17.0 Å². The molecule has 0 spiro atoms. The highest BCUT2D eigenvalue weighted by Gasteiger charge is 2.41. The van der Waals surface area contributed by atoms with Crippen LogP contribution in [0.4, 0.5) is 5.69 Å². The number of carbonyl (C=O) groups excluding carboxylic acids is 1. The zero-order valence-corrected chi connectivity index (χ0v) is 18.5. The number of piperidine rings is 1. The van der Waals surface area contributed by atoms with Crippen molar-refractivity contribution < 1.29 is 17.9 Å². The van der Waals surface area contributed by atoms with Crippen LogP contribution in [-0.2, 0) is 20.4 Å². The first-order valence-corrected chi connectivity index (χ1v) is 11.3. The summed E-state index contributed by atoms with van der Waals surface area (Å²) in [6.45, 7) is 0.745. The Kier molecular flexibility index (Phi) is 6.80. The summed E-state index contributed by atoms with van der Waals surface area (Å²) >= 11 is 0. The molecule has 162 valence electrons. The third kappa shape index (κ3) is 4.66. The number of rotatable bonds is 7. The topological polar surface area (TPSA) is 79.0 Å². The number of amides is 1. The predicted molar refractivity (Wildman–Crippen MR) is 118 cm³/mol. The monoisotopic (exact) mass is 431 g/mol. The Morgan fingerprint density at radius 2 is 1.67 bits per heavy atom. The minimum atomic E-state index is -3.47. The van der Waals surface area contributed by atoms with Gasteiger partial charge in [-0.05, 0) is 30.5 Å². The molecule has 0 saturated carbocycles. The van der Waals surface area contributed by atoms with Crippen LogP contribution >= 0.6 is 0 Å². The summed E-state index contributed by atoms with van der Waals surface area (Å²) in [5, 5.41) is 2.96. The average Bonchev–Trinajstić information content (AvgIpc) is 2.75. The molecule has 0 aromatic heterocycles. The first kappa shape index (κ1) is 22.3. The zero-order chi connectivity index (χ0) is 21.8. The molecule has 30 heavy (non-hydrogen) atoms. The van der Waals surface area contributed by atoms with Gasteiger partial charge in [-0.25, -0.2) is 0 Å². The molecule has 0 bridgehead atoms. The van der Waals surface area contributed by atoms with Gasteiger partial charge >= 0.3 is 0 Å². The molecule has 1 aliphatic rings. The van der Waals surface area contributed by atoms with Gasteiger partial charge in [0.2, 0.25) is 5.91 Å². The van der Waals surface area contributed by atoms with Crippen LogP contribution in [0.25, 0.3) is 0 Å². The molecule has 1 amide bonds. The predicted octanol–water partition coefficient (Wildman–Crippen LogP) is 2.86. The molecule has 1 fully saturated rings. The molecule has 3 rings (SSSR count). The lowest BCUT2D eigenvalue weighted by Crippen LogP contribution is -2.49. The molecule has 0 atom stereocenters. The van der Waals surface area contributed by atoms with Crippen LogP contribution in [0.15, 0.2) is 54.6 Å². The lowest BCUT2D eigenvalue weighted by atomic mass is 9.70. The highest BCUT2D eigenvalue weighted by molar-refractivity contribution is 7.86. The smallest absolute Gasteiger partial charge is 0.281 e. The molecule has 1 heterocycles. The number of nitrogens with zero attached hydrogens (tertiary/aromatic N) is 2. The first-order chi connectivity index (χ1) is 14.3. The Bertz CT molecular complexity index is 969. The fourth-order valence-electron chi connectivity index (χ4n) is 3.98. The lowest BCUT2D eigenvalue weighted by molar-refractivity contribution is -0.117. The van der Waals surface area contributed by atoms with E-state index in [9.17, 15) is 13.2 Å². The fourth-order valence-corrected chi connectivity index (χ4v) is 5.09. The van der Waals surface area contributed by atoms with E-state index in [0.717, 1.165) is 5.56 Å². The molecular weight excluding hydrogens is 402 g/mol. The highest BCUT2D eigenvalue weighted by atomic mass is 32.2. The van der Waals surface area contributed by atoms with E-state index in [1.165, 1.54) is 22.7 Å². The summed E-state index contributed by atoms with van der Waals surface area (Å²) in [4.78, 5) is 13.0. The quantitative estimate of drug-likeness (QED) is 0.731. The maximum Gasteiger partial charge on any atom is 0.281 e. The van der Waals surface area contributed by atoms with Crippen LogP contribution in [0.2, 0.25) is 0 Å². The van der Waals surface area contributed by atoms with Crippen molar-refractivity contribution >= 4 is 21.8 Å². The molecule has 7 nitrogen and oxygen atoms in total. The normalized spacial score (nSPS) is 16.9. The van der Waals surface area contributed by atoms with Crippen LogP contribution in [0.5, 0.6) is 5.75 Å². The van der Waals surface area contributed by atoms with E-state index < -0.39 is 15.6 Å². The number of ether oxygens (including phenoxy) is 1. The van der Waals surface area contributed by atoms with Gasteiger partial charge in [0.25, 0.3) is 10.2 Å². The largest absolute Gasteiger partial charge is 0.495 e. The molecule has 0 unspecified atom stereocenters. The molecule has 1 N–H and O–H groups in total. The Labute approximate surface area is 178 Å². The molecule has 1 saturated heterocycles. The van der Waals surface area contributed by atoms with E-state index in [1.54, 1.807) is 19.2 Å². The molecule has 1 aliphatic heterocycles. The number of nitrogens with one attached hydrogen (secondary N) is 1. The van der Waals surface area contributed by atoms with Crippen LogP contribution in [0, 0.1) is 0 Å². The molecule has 0 aliphatic carbocycles. The minimum absolute atomic E-state index is 0.118. The van der Waals surface area contributed by atoms with Crippen molar-refractivity contribution in [2.45, 2.75) is 24.7 Å². The number of carbonyl (C=O) groups is 1. The van der Waals surface area contributed by atoms with Gasteiger partial charge in [0.1, 0.15) is 5.75 Å². The Morgan fingerprint density at radius 3 is 2.27 bits per heavy atom. The van der Waals surface area contributed by atoms with Gasteiger partial charge in [0.15, 0.2) is 0 Å². The second-order valence-corrected chi connectivity index (χ2v) is 9.90. The summed E-state index contributed by atoms with van der Waals surface area (Å²) in [6.07, 6.45) is 1.41. The Morgan fingerprint density at radius 1 is 1.07 bits per heavy atom. The summed E-state index contributed by atoms with van der Waals surface area (Å²) in [7, 11) is 1.17. The van der Waals surface area contributed by atoms with Gasteiger partial charge < -0.3 is 10.1 Å². The number of methoxy groups -OCH3 is 1. The second kappa shape index (κ2) is 9.16. The number of benzene rings is 2. The molecule has 0 radical (unpaired) electrons. The highest BCUT2D eigenvalue weighted by Crippen LogP contribution is 2.40. The van der Waals surface area contributed by atoms with E-state index in [1.807, 2.05) is 42.5 Å². The fraction of sp³-hybridized carbons (Fsp3) is 0.409. The van der Waals surface area contributed by atoms with Gasteiger partial charge in [0, 0.05) is 39.0 Å².